The van der Waals surface area contributed by atoms with Crippen molar-refractivity contribution in [2.75, 3.05) is 32.2 Å². The van der Waals surface area contributed by atoms with E-state index in [1.807, 2.05) is 31.2 Å². The number of benzene rings is 1. The first-order valence-electron chi connectivity index (χ1n) is 7.96. The maximum atomic E-state index is 5.99. The number of nitrogens with one attached hydrogen (secondary N) is 1. The van der Waals surface area contributed by atoms with Gasteiger partial charge in [0.05, 0.1) is 7.11 Å². The third kappa shape index (κ3) is 6.18. The predicted octanol–water partition coefficient (Wildman–Crippen LogP) is 3.64. The second-order valence-corrected chi connectivity index (χ2v) is 5.86. The van der Waals surface area contributed by atoms with Gasteiger partial charge in [0.15, 0.2) is 5.96 Å². The summed E-state index contributed by atoms with van der Waals surface area (Å²) in [6.45, 7) is 4.40. The molecule has 130 valence electrons. The van der Waals surface area contributed by atoms with Gasteiger partial charge in [0, 0.05) is 25.4 Å². The Kier molecular flexibility index (Phi) is 8.68. The van der Waals surface area contributed by atoms with Crippen LogP contribution < -0.4 is 15.8 Å². The summed E-state index contributed by atoms with van der Waals surface area (Å²) in [6.07, 6.45) is 4.80. The standard InChI is InChI=1S/C17H27N3O2.HI/c1-3-22-12-11-17(9-4-10-17)13-19-16(18)20-14-5-7-15(21-2)8-6-14;/h5-8H,3-4,9-13H2,1-2H3,(H3,18,19,20);1H. The van der Waals surface area contributed by atoms with Crippen molar-refractivity contribution >= 4 is 35.6 Å². The minimum Gasteiger partial charge on any atom is -0.497 e. The molecule has 23 heavy (non-hydrogen) atoms. The molecule has 5 nitrogen and oxygen atoms in total. The van der Waals surface area contributed by atoms with E-state index in [0.717, 1.165) is 37.6 Å². The predicted molar refractivity (Wildman–Crippen MR) is 106 cm³/mol. The first-order valence-corrected chi connectivity index (χ1v) is 7.96. The third-order valence-electron chi connectivity index (χ3n) is 4.34. The average molecular weight is 433 g/mol. The number of ether oxygens (including phenoxy) is 2. The van der Waals surface area contributed by atoms with Crippen molar-refractivity contribution in [3.8, 4) is 5.75 Å². The van der Waals surface area contributed by atoms with Crippen molar-refractivity contribution in [2.45, 2.75) is 32.6 Å². The molecule has 2 rings (SSSR count). The molecule has 1 fully saturated rings. The fourth-order valence-electron chi connectivity index (χ4n) is 2.71. The largest absolute Gasteiger partial charge is 0.497 e. The lowest BCUT2D eigenvalue weighted by Gasteiger charge is -2.40. The van der Waals surface area contributed by atoms with Crippen molar-refractivity contribution < 1.29 is 9.47 Å². The molecule has 0 atom stereocenters. The molecule has 1 aromatic rings. The molecule has 0 saturated heterocycles. The summed E-state index contributed by atoms with van der Waals surface area (Å²) in [5, 5.41) is 3.12. The zero-order valence-electron chi connectivity index (χ0n) is 14.0. The van der Waals surface area contributed by atoms with Crippen LogP contribution in [0.1, 0.15) is 32.6 Å². The van der Waals surface area contributed by atoms with Gasteiger partial charge in [-0.15, -0.1) is 24.0 Å². The van der Waals surface area contributed by atoms with E-state index in [4.69, 9.17) is 15.2 Å². The minimum atomic E-state index is 0. The first kappa shape index (κ1) is 20.0. The van der Waals surface area contributed by atoms with Crippen molar-refractivity contribution in [3.05, 3.63) is 24.3 Å². The Bertz CT molecular complexity index is 487. The van der Waals surface area contributed by atoms with Gasteiger partial charge in [-0.25, -0.2) is 0 Å². The van der Waals surface area contributed by atoms with Crippen LogP contribution in [0.3, 0.4) is 0 Å². The van der Waals surface area contributed by atoms with Crippen molar-refractivity contribution in [1.29, 1.82) is 0 Å². The maximum Gasteiger partial charge on any atom is 0.193 e. The van der Waals surface area contributed by atoms with E-state index in [2.05, 4.69) is 10.3 Å². The average Bonchev–Trinajstić information content (AvgIpc) is 2.50. The molecule has 0 aromatic heterocycles. The number of nitrogens with two attached hydrogens (primary N) is 1. The monoisotopic (exact) mass is 433 g/mol. The second kappa shape index (κ2) is 9.97. The van der Waals surface area contributed by atoms with Gasteiger partial charge in [0.25, 0.3) is 0 Å². The van der Waals surface area contributed by atoms with E-state index in [-0.39, 0.29) is 24.0 Å². The van der Waals surface area contributed by atoms with Gasteiger partial charge in [-0.05, 0) is 55.9 Å². The van der Waals surface area contributed by atoms with Crippen LogP contribution in [0.5, 0.6) is 5.75 Å². The zero-order chi connectivity index (χ0) is 15.8. The van der Waals surface area contributed by atoms with Crippen molar-refractivity contribution in [3.63, 3.8) is 0 Å². The topological polar surface area (TPSA) is 68.9 Å². The van der Waals surface area contributed by atoms with E-state index in [9.17, 15) is 0 Å². The third-order valence-corrected chi connectivity index (χ3v) is 4.34. The van der Waals surface area contributed by atoms with Gasteiger partial charge < -0.3 is 20.5 Å². The van der Waals surface area contributed by atoms with Crippen LogP contribution in [0.4, 0.5) is 5.69 Å². The zero-order valence-corrected chi connectivity index (χ0v) is 16.3. The quantitative estimate of drug-likeness (QED) is 0.284. The van der Waals surface area contributed by atoms with Crippen LogP contribution in [-0.4, -0.2) is 32.8 Å². The van der Waals surface area contributed by atoms with E-state index < -0.39 is 0 Å². The summed E-state index contributed by atoms with van der Waals surface area (Å²) in [5.41, 5.74) is 7.20. The van der Waals surface area contributed by atoms with Crippen LogP contribution in [0, 0.1) is 5.41 Å². The van der Waals surface area contributed by atoms with Crippen LogP contribution in [0.2, 0.25) is 0 Å². The molecule has 0 bridgehead atoms. The number of hydrogen-bond donors (Lipinski definition) is 2. The summed E-state index contributed by atoms with van der Waals surface area (Å²) in [7, 11) is 1.65. The van der Waals surface area contributed by atoms with Gasteiger partial charge in [0.2, 0.25) is 0 Å². The molecule has 1 aliphatic rings. The molecule has 1 aromatic carbocycles. The molecule has 3 N–H and O–H groups in total. The molecule has 1 aliphatic carbocycles. The first-order chi connectivity index (χ1) is 10.7. The smallest absolute Gasteiger partial charge is 0.193 e. The Morgan fingerprint density at radius 1 is 1.30 bits per heavy atom. The SMILES string of the molecule is CCOCCC1(CN=C(N)Nc2ccc(OC)cc2)CCC1.I. The summed E-state index contributed by atoms with van der Waals surface area (Å²) in [5.74, 6) is 1.29. The summed E-state index contributed by atoms with van der Waals surface area (Å²) in [4.78, 5) is 4.53. The lowest BCUT2D eigenvalue weighted by molar-refractivity contribution is 0.0610. The Morgan fingerprint density at radius 2 is 2.00 bits per heavy atom. The van der Waals surface area contributed by atoms with E-state index >= 15 is 0 Å². The highest BCUT2D eigenvalue weighted by Crippen LogP contribution is 2.44. The molecule has 0 radical (unpaired) electrons. The Hall–Kier alpha value is -1.02. The molecular formula is C17H28IN3O2. The fraction of sp³-hybridized carbons (Fsp3) is 0.588. The van der Waals surface area contributed by atoms with Gasteiger partial charge in [-0.1, -0.05) is 6.42 Å². The Morgan fingerprint density at radius 3 is 2.52 bits per heavy atom. The van der Waals surface area contributed by atoms with Gasteiger partial charge in [0.1, 0.15) is 5.75 Å². The number of hydrogen-bond acceptors (Lipinski definition) is 3. The molecule has 0 heterocycles. The summed E-state index contributed by atoms with van der Waals surface area (Å²) < 4.78 is 10.6. The van der Waals surface area contributed by atoms with Crippen molar-refractivity contribution in [1.82, 2.24) is 0 Å². The van der Waals surface area contributed by atoms with E-state index in [1.54, 1.807) is 7.11 Å². The Labute approximate surface area is 156 Å². The van der Waals surface area contributed by atoms with Crippen LogP contribution >= 0.6 is 24.0 Å². The van der Waals surface area contributed by atoms with Crippen LogP contribution in [0.15, 0.2) is 29.3 Å². The molecule has 0 unspecified atom stereocenters. The number of anilines is 1. The van der Waals surface area contributed by atoms with Gasteiger partial charge in [-0.3, -0.25) is 4.99 Å². The number of guanidine groups is 1. The number of rotatable bonds is 8. The number of aliphatic imine (C=N–C) groups is 1. The summed E-state index contributed by atoms with van der Waals surface area (Å²) in [6, 6.07) is 7.64. The van der Waals surface area contributed by atoms with Crippen LogP contribution in [0.25, 0.3) is 0 Å². The molecular weight excluding hydrogens is 405 g/mol. The van der Waals surface area contributed by atoms with Gasteiger partial charge in [-0.2, -0.15) is 0 Å². The van der Waals surface area contributed by atoms with E-state index in [1.165, 1.54) is 19.3 Å². The minimum absolute atomic E-state index is 0. The highest BCUT2D eigenvalue weighted by Gasteiger charge is 2.36. The molecule has 0 amide bonds. The number of nitrogens with zero attached hydrogens (tertiary/aromatic N) is 1. The highest BCUT2D eigenvalue weighted by molar-refractivity contribution is 14.0. The molecule has 0 aliphatic heterocycles. The van der Waals surface area contributed by atoms with Crippen molar-refractivity contribution in [2.24, 2.45) is 16.1 Å². The van der Waals surface area contributed by atoms with Crippen LogP contribution in [-0.2, 0) is 4.74 Å². The summed E-state index contributed by atoms with van der Waals surface area (Å²) >= 11 is 0. The molecule has 6 heteroatoms. The number of methoxy groups -OCH3 is 1. The molecule has 1 saturated carbocycles. The maximum absolute atomic E-state index is 5.99. The number of halogens is 1. The lowest BCUT2D eigenvalue weighted by atomic mass is 9.67. The van der Waals surface area contributed by atoms with E-state index in [0.29, 0.717) is 11.4 Å². The fourth-order valence-corrected chi connectivity index (χ4v) is 2.71. The normalized spacial score (nSPS) is 16.2. The van der Waals surface area contributed by atoms with Gasteiger partial charge >= 0.3 is 0 Å². The molecule has 0 spiro atoms. The Balaban J connectivity index is 0.00000264. The second-order valence-electron chi connectivity index (χ2n) is 5.86. The lowest BCUT2D eigenvalue weighted by Crippen LogP contribution is -2.35. The highest BCUT2D eigenvalue weighted by atomic mass is 127.